The molecular weight excluding hydrogens is 270 g/mol. The van der Waals surface area contributed by atoms with Crippen LogP contribution >= 0.6 is 0 Å². The van der Waals surface area contributed by atoms with E-state index >= 15 is 0 Å². The van der Waals surface area contributed by atoms with Gasteiger partial charge in [0.1, 0.15) is 6.04 Å². The van der Waals surface area contributed by atoms with E-state index in [9.17, 15) is 4.79 Å². The van der Waals surface area contributed by atoms with Crippen LogP contribution in [0.3, 0.4) is 0 Å². The van der Waals surface area contributed by atoms with Gasteiger partial charge in [0, 0.05) is 19.6 Å². The van der Waals surface area contributed by atoms with Crippen molar-refractivity contribution < 1.29 is 14.3 Å². The molecule has 0 aliphatic carbocycles. The molecule has 2 aliphatic heterocycles. The largest absolute Gasteiger partial charge is 0.378 e. The second-order valence-corrected chi connectivity index (χ2v) is 5.19. The summed E-state index contributed by atoms with van der Waals surface area (Å²) in [6.45, 7) is 4.93. The van der Waals surface area contributed by atoms with E-state index in [-0.39, 0.29) is 11.9 Å². The SMILES string of the molecule is O=C(Nc1ccccc1N1CCOCC1)C1COCCN1. The highest BCUT2D eigenvalue weighted by Gasteiger charge is 2.23. The van der Waals surface area contributed by atoms with Gasteiger partial charge in [0.2, 0.25) is 5.91 Å². The number of para-hydroxylation sites is 2. The van der Waals surface area contributed by atoms with Crippen LogP contribution < -0.4 is 15.5 Å². The third kappa shape index (κ3) is 3.53. The van der Waals surface area contributed by atoms with E-state index < -0.39 is 0 Å². The molecule has 0 bridgehead atoms. The van der Waals surface area contributed by atoms with Crippen molar-refractivity contribution in [3.05, 3.63) is 24.3 Å². The summed E-state index contributed by atoms with van der Waals surface area (Å²) in [6, 6.07) is 7.61. The summed E-state index contributed by atoms with van der Waals surface area (Å²) in [7, 11) is 0. The Bertz CT molecular complexity index is 483. The Labute approximate surface area is 124 Å². The monoisotopic (exact) mass is 291 g/mol. The molecule has 2 saturated heterocycles. The topological polar surface area (TPSA) is 62.8 Å². The lowest BCUT2D eigenvalue weighted by molar-refractivity contribution is -0.120. The number of benzene rings is 1. The molecule has 1 unspecified atom stereocenters. The molecule has 1 aromatic rings. The van der Waals surface area contributed by atoms with E-state index in [0.717, 1.165) is 37.7 Å². The van der Waals surface area contributed by atoms with Crippen LogP contribution in [0.4, 0.5) is 11.4 Å². The van der Waals surface area contributed by atoms with Crippen molar-refractivity contribution >= 4 is 17.3 Å². The first kappa shape index (κ1) is 14.3. The summed E-state index contributed by atoms with van der Waals surface area (Å²) in [6.07, 6.45) is 0. The fraction of sp³-hybridized carbons (Fsp3) is 0.533. The highest BCUT2D eigenvalue weighted by Crippen LogP contribution is 2.26. The number of carbonyl (C=O) groups excluding carboxylic acids is 1. The van der Waals surface area contributed by atoms with E-state index in [4.69, 9.17) is 9.47 Å². The first-order valence-electron chi connectivity index (χ1n) is 7.38. The van der Waals surface area contributed by atoms with Crippen LogP contribution in [-0.4, -0.2) is 58.0 Å². The number of anilines is 2. The molecular formula is C15H21N3O3. The lowest BCUT2D eigenvalue weighted by Crippen LogP contribution is -2.49. The zero-order chi connectivity index (χ0) is 14.5. The maximum Gasteiger partial charge on any atom is 0.243 e. The van der Waals surface area contributed by atoms with Gasteiger partial charge in [-0.1, -0.05) is 12.1 Å². The highest BCUT2D eigenvalue weighted by molar-refractivity contribution is 5.97. The van der Waals surface area contributed by atoms with Gasteiger partial charge in [0.25, 0.3) is 0 Å². The van der Waals surface area contributed by atoms with Gasteiger partial charge in [-0.25, -0.2) is 0 Å². The molecule has 0 radical (unpaired) electrons. The maximum absolute atomic E-state index is 12.3. The predicted octanol–water partition coefficient (Wildman–Crippen LogP) is 0.450. The second-order valence-electron chi connectivity index (χ2n) is 5.19. The van der Waals surface area contributed by atoms with Gasteiger partial charge in [0.05, 0.1) is 37.8 Å². The van der Waals surface area contributed by atoms with Crippen LogP contribution in [0.2, 0.25) is 0 Å². The number of carbonyl (C=O) groups is 1. The Morgan fingerprint density at radius 1 is 1.19 bits per heavy atom. The normalized spacial score (nSPS) is 22.9. The molecule has 2 aliphatic rings. The highest BCUT2D eigenvalue weighted by atomic mass is 16.5. The van der Waals surface area contributed by atoms with Crippen LogP contribution in [0.5, 0.6) is 0 Å². The Morgan fingerprint density at radius 2 is 2.00 bits per heavy atom. The zero-order valence-electron chi connectivity index (χ0n) is 12.0. The van der Waals surface area contributed by atoms with E-state index in [1.165, 1.54) is 0 Å². The standard InChI is InChI=1S/C15H21N3O3/c19-15(13-11-21-8-5-16-13)17-12-3-1-2-4-14(12)18-6-9-20-10-7-18/h1-4,13,16H,5-11H2,(H,17,19). The molecule has 0 saturated carbocycles. The number of amides is 1. The number of nitrogens with zero attached hydrogens (tertiary/aromatic N) is 1. The molecule has 2 heterocycles. The third-order valence-corrected chi connectivity index (χ3v) is 3.75. The van der Waals surface area contributed by atoms with Crippen LogP contribution in [-0.2, 0) is 14.3 Å². The number of nitrogens with one attached hydrogen (secondary N) is 2. The van der Waals surface area contributed by atoms with Gasteiger partial charge in [-0.3, -0.25) is 4.79 Å². The molecule has 114 valence electrons. The van der Waals surface area contributed by atoms with Gasteiger partial charge in [-0.05, 0) is 12.1 Å². The molecule has 1 atom stereocenters. The molecule has 0 spiro atoms. The first-order valence-corrected chi connectivity index (χ1v) is 7.38. The molecule has 1 amide bonds. The first-order chi connectivity index (χ1) is 10.3. The van der Waals surface area contributed by atoms with Gasteiger partial charge in [0.15, 0.2) is 0 Å². The molecule has 21 heavy (non-hydrogen) atoms. The van der Waals surface area contributed by atoms with Crippen molar-refractivity contribution in [2.75, 3.05) is 56.3 Å². The number of morpholine rings is 2. The summed E-state index contributed by atoms with van der Waals surface area (Å²) in [5.74, 6) is -0.0459. The minimum absolute atomic E-state index is 0.0459. The van der Waals surface area contributed by atoms with Gasteiger partial charge in [-0.15, -0.1) is 0 Å². The number of hydrogen-bond acceptors (Lipinski definition) is 5. The lowest BCUT2D eigenvalue weighted by atomic mass is 10.2. The molecule has 2 fully saturated rings. The Hall–Kier alpha value is -1.63. The van der Waals surface area contributed by atoms with Crippen LogP contribution in [0, 0.1) is 0 Å². The number of hydrogen-bond donors (Lipinski definition) is 2. The fourth-order valence-electron chi connectivity index (χ4n) is 2.61. The quantitative estimate of drug-likeness (QED) is 0.846. The fourth-order valence-corrected chi connectivity index (χ4v) is 2.61. The summed E-state index contributed by atoms with van der Waals surface area (Å²) in [4.78, 5) is 14.5. The Balaban J connectivity index is 1.70. The lowest BCUT2D eigenvalue weighted by Gasteiger charge is -2.31. The van der Waals surface area contributed by atoms with Crippen molar-refractivity contribution in [2.24, 2.45) is 0 Å². The summed E-state index contributed by atoms with van der Waals surface area (Å²) < 4.78 is 10.7. The molecule has 2 N–H and O–H groups in total. The van der Waals surface area contributed by atoms with Crippen LogP contribution in [0.25, 0.3) is 0 Å². The van der Waals surface area contributed by atoms with E-state index in [2.05, 4.69) is 15.5 Å². The van der Waals surface area contributed by atoms with Crippen molar-refractivity contribution in [1.29, 1.82) is 0 Å². The zero-order valence-corrected chi connectivity index (χ0v) is 12.0. The van der Waals surface area contributed by atoms with Gasteiger partial charge >= 0.3 is 0 Å². The molecule has 0 aromatic heterocycles. The molecule has 3 rings (SSSR count). The molecule has 6 nitrogen and oxygen atoms in total. The van der Waals surface area contributed by atoms with Crippen molar-refractivity contribution in [3.63, 3.8) is 0 Å². The van der Waals surface area contributed by atoms with Crippen LogP contribution in [0.15, 0.2) is 24.3 Å². The van der Waals surface area contributed by atoms with Crippen molar-refractivity contribution in [2.45, 2.75) is 6.04 Å². The minimum Gasteiger partial charge on any atom is -0.378 e. The maximum atomic E-state index is 12.3. The Morgan fingerprint density at radius 3 is 2.76 bits per heavy atom. The third-order valence-electron chi connectivity index (χ3n) is 3.75. The Kier molecular flexibility index (Phi) is 4.69. The van der Waals surface area contributed by atoms with E-state index in [1.807, 2.05) is 24.3 Å². The van der Waals surface area contributed by atoms with E-state index in [1.54, 1.807) is 0 Å². The van der Waals surface area contributed by atoms with Crippen molar-refractivity contribution in [3.8, 4) is 0 Å². The number of ether oxygens (including phenoxy) is 2. The van der Waals surface area contributed by atoms with Gasteiger partial charge in [-0.2, -0.15) is 0 Å². The second kappa shape index (κ2) is 6.89. The van der Waals surface area contributed by atoms with Crippen LogP contribution in [0.1, 0.15) is 0 Å². The number of rotatable bonds is 3. The average Bonchev–Trinajstić information content (AvgIpc) is 2.57. The average molecular weight is 291 g/mol. The summed E-state index contributed by atoms with van der Waals surface area (Å²) >= 11 is 0. The van der Waals surface area contributed by atoms with E-state index in [0.29, 0.717) is 19.8 Å². The minimum atomic E-state index is -0.281. The van der Waals surface area contributed by atoms with Crippen molar-refractivity contribution in [1.82, 2.24) is 5.32 Å². The van der Waals surface area contributed by atoms with Gasteiger partial charge < -0.3 is 25.0 Å². The smallest absolute Gasteiger partial charge is 0.243 e. The summed E-state index contributed by atoms with van der Waals surface area (Å²) in [5.41, 5.74) is 1.89. The summed E-state index contributed by atoms with van der Waals surface area (Å²) in [5, 5.41) is 6.18. The predicted molar refractivity (Wildman–Crippen MR) is 80.7 cm³/mol. The molecule has 1 aromatic carbocycles. The molecule has 6 heteroatoms.